The van der Waals surface area contributed by atoms with Gasteiger partial charge in [0.15, 0.2) is 0 Å². The molecule has 0 fully saturated rings. The number of rotatable bonds is 6. The predicted molar refractivity (Wildman–Crippen MR) is 328 cm³/mol. The van der Waals surface area contributed by atoms with Gasteiger partial charge in [-0.1, -0.05) is 160 Å². The van der Waals surface area contributed by atoms with Crippen LogP contribution in [-0.2, 0) is 0 Å². The molecule has 0 bridgehead atoms. The van der Waals surface area contributed by atoms with Crippen molar-refractivity contribution in [1.82, 2.24) is 18.3 Å². The summed E-state index contributed by atoms with van der Waals surface area (Å²) in [6.45, 7) is 0. The van der Waals surface area contributed by atoms with E-state index in [4.69, 9.17) is 8.83 Å². The van der Waals surface area contributed by atoms with Crippen LogP contribution in [0.25, 0.3) is 153 Å². The maximum Gasteiger partial charge on any atom is 0.141 e. The Hall–Kier alpha value is -9.70. The summed E-state index contributed by atoms with van der Waals surface area (Å²) in [6, 6.07) is 93.3. The van der Waals surface area contributed by atoms with Crippen LogP contribution in [0.3, 0.4) is 0 Å². The van der Waals surface area contributed by atoms with Gasteiger partial charge in [0, 0.05) is 43.8 Å². The Bertz CT molecular complexity index is 5120. The molecule has 0 saturated carbocycles. The van der Waals surface area contributed by atoms with Crippen molar-refractivity contribution in [2.24, 2.45) is 0 Å². The highest BCUT2D eigenvalue weighted by Crippen LogP contribution is 2.61. The van der Waals surface area contributed by atoms with Crippen molar-refractivity contribution in [3.05, 3.63) is 255 Å². The molecule has 78 heavy (non-hydrogen) atoms. The molecule has 0 N–H and O–H groups in total. The molecule has 6 aromatic heterocycles. The van der Waals surface area contributed by atoms with Crippen LogP contribution >= 0.6 is 14.7 Å². The zero-order valence-electron chi connectivity index (χ0n) is 41.7. The summed E-state index contributed by atoms with van der Waals surface area (Å²) in [5.41, 5.74) is 21.9. The quantitative estimate of drug-likeness (QED) is 0.123. The first-order valence-corrected chi connectivity index (χ1v) is 29.2. The number of aromatic nitrogens is 4. The summed E-state index contributed by atoms with van der Waals surface area (Å²) in [7, 11) is -2.34. The monoisotopic (exact) mass is 1030 g/mol. The van der Waals surface area contributed by atoms with Crippen LogP contribution in [0, 0.1) is 0 Å². The Balaban J connectivity index is 1.14. The van der Waals surface area contributed by atoms with E-state index in [1.807, 2.05) is 0 Å². The number of nitrogens with zero attached hydrogens (tertiary/aromatic N) is 4. The van der Waals surface area contributed by atoms with E-state index >= 15 is 0 Å². The van der Waals surface area contributed by atoms with Crippen LogP contribution in [0.5, 0.6) is 0 Å². The maximum absolute atomic E-state index is 7.55. The second kappa shape index (κ2) is 15.9. The Morgan fingerprint density at radius 1 is 0.231 bits per heavy atom. The summed E-state index contributed by atoms with van der Waals surface area (Å²) in [4.78, 5) is 0. The summed E-state index contributed by atoms with van der Waals surface area (Å²) in [5, 5.41) is 9.79. The van der Waals surface area contributed by atoms with Gasteiger partial charge in [0.05, 0.1) is 64.6 Å². The minimum absolute atomic E-state index is 0.893. The molecular weight excluding hydrogens is 991 g/mol. The summed E-state index contributed by atoms with van der Waals surface area (Å²) >= 11 is 0. The third-order valence-corrected chi connectivity index (χ3v) is 21.7. The van der Waals surface area contributed by atoms with E-state index < -0.39 is 14.7 Å². The number of hydrogen-bond donors (Lipinski definition) is 0. The largest absolute Gasteiger partial charge is 0.455 e. The topological polar surface area (TPSA) is 46.0 Å². The fraction of sp³-hybridized carbons (Fsp3) is 0. The third kappa shape index (κ3) is 5.72. The Kier molecular flexibility index (Phi) is 8.68. The molecule has 0 aliphatic heterocycles. The van der Waals surface area contributed by atoms with Crippen LogP contribution in [0.2, 0.25) is 0 Å². The maximum atomic E-state index is 7.55. The lowest BCUT2D eigenvalue weighted by Gasteiger charge is -2.28. The fourth-order valence-corrected chi connectivity index (χ4v) is 19.2. The van der Waals surface area contributed by atoms with E-state index in [1.54, 1.807) is 0 Å². The van der Waals surface area contributed by atoms with Gasteiger partial charge < -0.3 is 27.1 Å². The normalized spacial score (nSPS) is 12.8. The SMILES string of the molecule is c1ccc(-c2cc3c4c(c2)n(-c2ccccc2)c2c5cc6oc7cccc8c7p7c9c(cc(-c%10ccccc%10)cc9n(-c9ccccc9)c(c5cc5oc9cccc(c9p4c52)n3-c2ccccc2)c67)n8-c2ccccc2)cc1. The third-order valence-electron chi connectivity index (χ3n) is 16.3. The Labute approximate surface area is 447 Å². The molecule has 6 nitrogen and oxygen atoms in total. The molecule has 0 amide bonds. The number of para-hydroxylation sites is 4. The minimum atomic E-state index is -1.17. The molecule has 0 radical (unpaired) electrons. The van der Waals surface area contributed by atoms with Crippen molar-refractivity contribution >= 4 is 123 Å². The van der Waals surface area contributed by atoms with Gasteiger partial charge in [-0.15, -0.1) is 0 Å². The molecule has 364 valence electrons. The molecule has 0 aliphatic carbocycles. The second-order valence-electron chi connectivity index (χ2n) is 20.5. The van der Waals surface area contributed by atoms with Crippen LogP contribution in [0.1, 0.15) is 0 Å². The molecule has 2 atom stereocenters. The van der Waals surface area contributed by atoms with Crippen molar-refractivity contribution in [3.63, 3.8) is 0 Å². The molecule has 6 heterocycles. The lowest BCUT2D eigenvalue weighted by molar-refractivity contribution is 0.662. The smallest absolute Gasteiger partial charge is 0.141 e. The number of hydrogen-bond acceptors (Lipinski definition) is 2. The molecule has 0 saturated heterocycles. The van der Waals surface area contributed by atoms with Crippen molar-refractivity contribution in [2.45, 2.75) is 0 Å². The van der Waals surface area contributed by atoms with Crippen LogP contribution < -0.4 is 0 Å². The van der Waals surface area contributed by atoms with E-state index in [0.717, 1.165) is 89.0 Å². The van der Waals surface area contributed by atoms with Crippen LogP contribution in [-0.4, -0.2) is 18.3 Å². The van der Waals surface area contributed by atoms with E-state index in [0.29, 0.717) is 0 Å². The Morgan fingerprint density at radius 3 is 0.910 bits per heavy atom. The highest BCUT2D eigenvalue weighted by atomic mass is 31.1. The second-order valence-corrected chi connectivity index (χ2v) is 24.5. The number of fused-ring (bicyclic) bond motifs is 3. The summed E-state index contributed by atoms with van der Waals surface area (Å²) in [6.07, 6.45) is 0. The molecule has 0 spiro atoms. The first kappa shape index (κ1) is 42.5. The molecular formula is C70H42N4O2P2. The Morgan fingerprint density at radius 2 is 0.551 bits per heavy atom. The van der Waals surface area contributed by atoms with Gasteiger partial charge in [-0.2, -0.15) is 0 Å². The van der Waals surface area contributed by atoms with Gasteiger partial charge in [-0.25, -0.2) is 0 Å². The van der Waals surface area contributed by atoms with Gasteiger partial charge in [0.25, 0.3) is 0 Å². The van der Waals surface area contributed by atoms with Gasteiger partial charge >= 0.3 is 0 Å². The molecule has 2 unspecified atom stereocenters. The zero-order valence-corrected chi connectivity index (χ0v) is 43.5. The molecule has 0 aliphatic rings. The minimum Gasteiger partial charge on any atom is -0.455 e. The first-order valence-electron chi connectivity index (χ1n) is 26.5. The predicted octanol–water partition coefficient (Wildman–Crippen LogP) is 20.6. The van der Waals surface area contributed by atoms with E-state index in [-0.39, 0.29) is 0 Å². The van der Waals surface area contributed by atoms with Gasteiger partial charge in [0.2, 0.25) is 0 Å². The lowest BCUT2D eigenvalue weighted by Crippen LogP contribution is -2.07. The van der Waals surface area contributed by atoms with E-state index in [9.17, 15) is 0 Å². The first-order chi connectivity index (χ1) is 38.7. The van der Waals surface area contributed by atoms with Crippen LogP contribution in [0.15, 0.2) is 264 Å². The molecule has 12 aromatic carbocycles. The standard InChI is InChI=1S/C70H42N4O2P2/c1-7-21-43(22-8-1)45-37-55-65-57(39-45)73(49-29-15-5-16-30-49)63-51-41-62-70-64(52(51)42-61-69(63)77(65)67-53(33-19-35-59(67)75-61)71(55)47-25-11-3-12-26-47)74(50-31-17-6-18-32-50)58-40-46(44-23-9-2-10-24-44)38-56-66(58)78(70)68-54(34-20-36-60(68)76-62)72(56)48-27-13-4-14-28-48/h1-42H. The van der Waals surface area contributed by atoms with E-state index in [2.05, 4.69) is 273 Å². The highest BCUT2D eigenvalue weighted by Gasteiger charge is 2.31. The molecule has 18 aromatic rings. The van der Waals surface area contributed by atoms with Crippen molar-refractivity contribution in [1.29, 1.82) is 0 Å². The number of benzene rings is 12. The molecule has 8 heteroatoms. The lowest BCUT2D eigenvalue weighted by atomic mass is 10.0. The van der Waals surface area contributed by atoms with E-state index in [1.165, 1.54) is 63.9 Å². The van der Waals surface area contributed by atoms with Gasteiger partial charge in [0.1, 0.15) is 22.3 Å². The van der Waals surface area contributed by atoms with Gasteiger partial charge in [-0.05, 0) is 131 Å². The average Bonchev–Trinajstić information content (AvgIpc) is 1.66. The average molecular weight is 1030 g/mol. The zero-order chi connectivity index (χ0) is 50.7. The summed E-state index contributed by atoms with van der Waals surface area (Å²) < 4.78 is 25.2. The highest BCUT2D eigenvalue weighted by molar-refractivity contribution is 7.64. The summed E-state index contributed by atoms with van der Waals surface area (Å²) in [5.74, 6) is 0. The van der Waals surface area contributed by atoms with Crippen molar-refractivity contribution in [2.75, 3.05) is 0 Å². The van der Waals surface area contributed by atoms with Gasteiger partial charge in [-0.3, -0.25) is 0 Å². The fourth-order valence-electron chi connectivity index (χ4n) is 13.2. The van der Waals surface area contributed by atoms with Crippen molar-refractivity contribution < 1.29 is 8.83 Å². The molecule has 18 rings (SSSR count). The van der Waals surface area contributed by atoms with Crippen molar-refractivity contribution in [3.8, 4) is 45.0 Å². The van der Waals surface area contributed by atoms with Crippen LogP contribution in [0.4, 0.5) is 0 Å².